The number of carbonyl (C=O) groups excluding carboxylic acids is 3. The number of benzene rings is 2. The molecule has 0 bridgehead atoms. The number of halogens is 1. The lowest BCUT2D eigenvalue weighted by Gasteiger charge is -2.14. The van der Waals surface area contributed by atoms with E-state index in [1.807, 2.05) is 6.07 Å². The molecule has 32 heavy (non-hydrogen) atoms. The summed E-state index contributed by atoms with van der Waals surface area (Å²) in [7, 11) is 1.27. The molecule has 0 fully saturated rings. The van der Waals surface area contributed by atoms with Gasteiger partial charge in [0.05, 0.1) is 23.8 Å². The minimum atomic E-state index is -0.647. The molecule has 2 aromatic rings. The molecule has 0 unspecified atom stereocenters. The molecule has 0 saturated heterocycles. The Morgan fingerprint density at radius 3 is 2.44 bits per heavy atom. The van der Waals surface area contributed by atoms with E-state index in [0.29, 0.717) is 33.6 Å². The molecule has 0 aliphatic rings. The second kappa shape index (κ2) is 11.5. The molecule has 9 nitrogen and oxygen atoms in total. The van der Waals surface area contributed by atoms with Crippen LogP contribution in [0.4, 0.5) is 5.69 Å². The highest BCUT2D eigenvalue weighted by atomic mass is 79.9. The van der Waals surface area contributed by atoms with Gasteiger partial charge in [0.15, 0.2) is 18.1 Å². The number of hydrogen-bond donors (Lipinski definition) is 2. The molecule has 0 aromatic heterocycles. The fraction of sp³-hybridized carbons (Fsp3) is 0.182. The minimum absolute atomic E-state index is 0.165. The molecule has 2 amide bonds. The van der Waals surface area contributed by atoms with Crippen molar-refractivity contribution >= 4 is 45.5 Å². The van der Waals surface area contributed by atoms with Gasteiger partial charge in [-0.25, -0.2) is 4.79 Å². The van der Waals surface area contributed by atoms with Crippen molar-refractivity contribution in [2.45, 2.75) is 6.92 Å². The van der Waals surface area contributed by atoms with Crippen LogP contribution in [0.3, 0.4) is 0 Å². The van der Waals surface area contributed by atoms with Crippen LogP contribution in [0.5, 0.6) is 11.5 Å². The average Bonchev–Trinajstić information content (AvgIpc) is 2.76. The predicted molar refractivity (Wildman–Crippen MR) is 120 cm³/mol. The number of nitrogens with one attached hydrogen (secondary N) is 1. The van der Waals surface area contributed by atoms with Crippen LogP contribution in [0.15, 0.2) is 46.4 Å². The van der Waals surface area contributed by atoms with Gasteiger partial charge >= 0.3 is 5.97 Å². The Bertz CT molecular complexity index is 1090. The van der Waals surface area contributed by atoms with Crippen LogP contribution in [0.1, 0.15) is 22.8 Å². The quantitative estimate of drug-likeness (QED) is 0.305. The van der Waals surface area contributed by atoms with Crippen molar-refractivity contribution in [2.24, 2.45) is 5.73 Å². The number of primary amides is 1. The van der Waals surface area contributed by atoms with Crippen molar-refractivity contribution in [2.75, 3.05) is 25.6 Å². The molecule has 0 heterocycles. The topological polar surface area (TPSA) is 141 Å². The Kier molecular flexibility index (Phi) is 8.80. The Morgan fingerprint density at radius 2 is 1.88 bits per heavy atom. The van der Waals surface area contributed by atoms with Crippen molar-refractivity contribution in [1.29, 1.82) is 5.26 Å². The summed E-state index contributed by atoms with van der Waals surface area (Å²) >= 11 is 3.34. The zero-order chi connectivity index (χ0) is 23.7. The second-order valence-electron chi connectivity index (χ2n) is 6.21. The van der Waals surface area contributed by atoms with E-state index >= 15 is 0 Å². The first-order valence-corrected chi connectivity index (χ1v) is 10.1. The smallest absolute Gasteiger partial charge is 0.337 e. The summed E-state index contributed by atoms with van der Waals surface area (Å²) in [5, 5.41) is 12.1. The first-order valence-electron chi connectivity index (χ1n) is 9.28. The molecule has 0 aliphatic heterocycles. The molecule has 3 N–H and O–H groups in total. The van der Waals surface area contributed by atoms with Gasteiger partial charge in [-0.05, 0) is 70.9 Å². The Balaban J connectivity index is 2.27. The predicted octanol–water partition coefficient (Wildman–Crippen LogP) is 3.04. The molecule has 0 saturated carbocycles. The van der Waals surface area contributed by atoms with E-state index in [1.54, 1.807) is 19.1 Å². The van der Waals surface area contributed by atoms with Crippen LogP contribution in [0.25, 0.3) is 6.08 Å². The average molecular weight is 502 g/mol. The molecule has 10 heteroatoms. The summed E-state index contributed by atoms with van der Waals surface area (Å²) in [5.74, 6) is -1.20. The summed E-state index contributed by atoms with van der Waals surface area (Å²) in [4.78, 5) is 35.1. The first-order chi connectivity index (χ1) is 15.3. The van der Waals surface area contributed by atoms with E-state index in [9.17, 15) is 19.6 Å². The number of nitrogens with two attached hydrogens (primary N) is 1. The Labute approximate surface area is 192 Å². The highest BCUT2D eigenvalue weighted by Crippen LogP contribution is 2.37. The minimum Gasteiger partial charge on any atom is -0.490 e. The molecule has 2 rings (SSSR count). The highest BCUT2D eigenvalue weighted by molar-refractivity contribution is 9.10. The lowest BCUT2D eigenvalue weighted by atomic mass is 10.1. The van der Waals surface area contributed by atoms with E-state index in [2.05, 4.69) is 26.0 Å². The molecule has 0 radical (unpaired) electrons. The van der Waals surface area contributed by atoms with Crippen LogP contribution in [-0.2, 0) is 14.3 Å². The number of anilines is 1. The Hall–Kier alpha value is -3.84. The van der Waals surface area contributed by atoms with Crippen molar-refractivity contribution < 1.29 is 28.6 Å². The number of amides is 2. The van der Waals surface area contributed by atoms with Crippen LogP contribution in [0, 0.1) is 11.3 Å². The van der Waals surface area contributed by atoms with Crippen molar-refractivity contribution in [3.05, 3.63) is 57.6 Å². The molecular formula is C22H20BrN3O6. The number of rotatable bonds is 9. The van der Waals surface area contributed by atoms with Gasteiger partial charge in [0.25, 0.3) is 11.8 Å². The number of esters is 1. The third-order valence-electron chi connectivity index (χ3n) is 3.93. The molecule has 0 aliphatic carbocycles. The van der Waals surface area contributed by atoms with E-state index in [-0.39, 0.29) is 17.9 Å². The zero-order valence-electron chi connectivity index (χ0n) is 17.3. The van der Waals surface area contributed by atoms with Crippen LogP contribution >= 0.6 is 15.9 Å². The van der Waals surface area contributed by atoms with E-state index in [0.717, 1.165) is 0 Å². The lowest BCUT2D eigenvalue weighted by Crippen LogP contribution is -2.20. The standard InChI is InChI=1S/C22H20BrN3O6/c1-3-31-18-10-13(9-17(23)20(18)32-12-19(25)27)8-15(11-24)21(28)26-16-6-4-14(5-7-16)22(29)30-2/h4-10H,3,12H2,1-2H3,(H2,25,27)(H,26,28)/b15-8+. The number of carbonyl (C=O) groups is 3. The molecular weight excluding hydrogens is 482 g/mol. The first kappa shape index (κ1) is 24.4. The third-order valence-corrected chi connectivity index (χ3v) is 4.52. The maximum absolute atomic E-state index is 12.6. The van der Waals surface area contributed by atoms with Gasteiger partial charge in [0.1, 0.15) is 11.6 Å². The fourth-order valence-corrected chi connectivity index (χ4v) is 3.11. The van der Waals surface area contributed by atoms with Crippen molar-refractivity contribution in [3.8, 4) is 17.6 Å². The number of hydrogen-bond acceptors (Lipinski definition) is 7. The van der Waals surface area contributed by atoms with Gasteiger partial charge in [-0.2, -0.15) is 5.26 Å². The number of ether oxygens (including phenoxy) is 3. The summed E-state index contributed by atoms with van der Waals surface area (Å²) in [6, 6.07) is 11.1. The Morgan fingerprint density at radius 1 is 1.19 bits per heavy atom. The van der Waals surface area contributed by atoms with Gasteiger partial charge in [-0.3, -0.25) is 9.59 Å². The highest BCUT2D eigenvalue weighted by Gasteiger charge is 2.15. The van der Waals surface area contributed by atoms with Gasteiger partial charge in [-0.15, -0.1) is 0 Å². The van der Waals surface area contributed by atoms with Crippen molar-refractivity contribution in [1.82, 2.24) is 0 Å². The normalized spacial score (nSPS) is 10.6. The number of methoxy groups -OCH3 is 1. The zero-order valence-corrected chi connectivity index (χ0v) is 18.9. The molecule has 0 atom stereocenters. The summed E-state index contributed by atoms with van der Waals surface area (Å²) in [6.45, 7) is 1.75. The maximum Gasteiger partial charge on any atom is 0.337 e. The fourth-order valence-electron chi connectivity index (χ4n) is 2.54. The van der Waals surface area contributed by atoms with Gasteiger partial charge < -0.3 is 25.3 Å². The monoisotopic (exact) mass is 501 g/mol. The van der Waals surface area contributed by atoms with Crippen LogP contribution < -0.4 is 20.5 Å². The molecule has 166 valence electrons. The summed E-state index contributed by atoms with van der Waals surface area (Å²) < 4.78 is 16.0. The third kappa shape index (κ3) is 6.58. The van der Waals surface area contributed by atoms with Gasteiger partial charge in [-0.1, -0.05) is 0 Å². The van der Waals surface area contributed by atoms with Crippen LogP contribution in [0.2, 0.25) is 0 Å². The number of nitriles is 1. The van der Waals surface area contributed by atoms with E-state index < -0.39 is 17.8 Å². The van der Waals surface area contributed by atoms with Crippen LogP contribution in [-0.4, -0.2) is 38.1 Å². The summed E-state index contributed by atoms with van der Waals surface area (Å²) in [5.41, 5.74) is 6.17. The SMILES string of the molecule is CCOc1cc(/C=C(\C#N)C(=O)Nc2ccc(C(=O)OC)cc2)cc(Br)c1OCC(N)=O. The second-order valence-corrected chi connectivity index (χ2v) is 7.07. The lowest BCUT2D eigenvalue weighted by molar-refractivity contribution is -0.120. The number of nitrogens with zero attached hydrogens (tertiary/aromatic N) is 1. The van der Waals surface area contributed by atoms with E-state index in [1.165, 1.54) is 37.5 Å². The van der Waals surface area contributed by atoms with E-state index in [4.69, 9.17) is 15.2 Å². The maximum atomic E-state index is 12.6. The molecule has 0 spiro atoms. The van der Waals surface area contributed by atoms with Gasteiger partial charge in [0, 0.05) is 5.69 Å². The van der Waals surface area contributed by atoms with Crippen molar-refractivity contribution in [3.63, 3.8) is 0 Å². The largest absolute Gasteiger partial charge is 0.490 e. The summed E-state index contributed by atoms with van der Waals surface area (Å²) in [6.07, 6.45) is 1.38. The molecule has 2 aromatic carbocycles. The van der Waals surface area contributed by atoms with Gasteiger partial charge in [0.2, 0.25) is 0 Å².